The second-order valence-electron chi connectivity index (χ2n) is 7.34. The maximum absolute atomic E-state index is 14.5. The van der Waals surface area contributed by atoms with Crippen molar-refractivity contribution >= 4 is 47.8 Å². The zero-order chi connectivity index (χ0) is 24.9. The molecule has 0 amide bonds. The van der Waals surface area contributed by atoms with Gasteiger partial charge in [0.05, 0.1) is 27.2 Å². The molecule has 0 radical (unpaired) electrons. The summed E-state index contributed by atoms with van der Waals surface area (Å²) in [6, 6.07) is 21.1. The van der Waals surface area contributed by atoms with Crippen molar-refractivity contribution in [2.75, 3.05) is 0 Å². The van der Waals surface area contributed by atoms with Crippen LogP contribution in [0.15, 0.2) is 106 Å². The highest BCUT2D eigenvalue weighted by Crippen LogP contribution is 2.38. The molecule has 0 spiro atoms. The molecule has 1 aromatic heterocycles. The van der Waals surface area contributed by atoms with Crippen molar-refractivity contribution in [2.24, 2.45) is 4.99 Å². The average molecular weight is 503 g/mol. The second kappa shape index (κ2) is 10.5. The summed E-state index contributed by atoms with van der Waals surface area (Å²) in [5, 5.41) is 16.9. The van der Waals surface area contributed by atoms with Crippen molar-refractivity contribution in [3.05, 3.63) is 118 Å². The number of aromatic nitrogens is 1. The highest BCUT2D eigenvalue weighted by Gasteiger charge is 2.30. The predicted molar refractivity (Wildman–Crippen MR) is 138 cm³/mol. The van der Waals surface area contributed by atoms with Gasteiger partial charge in [-0.25, -0.2) is 4.99 Å². The lowest BCUT2D eigenvalue weighted by molar-refractivity contribution is 0.630. The van der Waals surface area contributed by atoms with E-state index in [0.29, 0.717) is 22.0 Å². The van der Waals surface area contributed by atoms with E-state index in [0.717, 1.165) is 10.0 Å². The average Bonchev–Trinajstić information content (AvgIpc) is 3.43. The summed E-state index contributed by atoms with van der Waals surface area (Å²) in [5.41, 5.74) is 2.46. The summed E-state index contributed by atoms with van der Waals surface area (Å²) < 4.78 is 29.8. The van der Waals surface area contributed by atoms with Crippen molar-refractivity contribution in [3.63, 3.8) is 0 Å². The Hall–Kier alpha value is -3.95. The number of allylic oxidation sites excluding steroid dienone is 6. The zero-order valence-electron chi connectivity index (χ0n) is 18.0. The topological polar surface area (TPSA) is 64.9 Å². The molecule has 0 aliphatic carbocycles. The van der Waals surface area contributed by atoms with Gasteiger partial charge < -0.3 is 4.48 Å². The molecule has 9 heteroatoms. The van der Waals surface area contributed by atoms with E-state index in [1.165, 1.54) is 18.2 Å². The first-order chi connectivity index (χ1) is 16.9. The first-order valence-corrected chi connectivity index (χ1v) is 11.1. The van der Waals surface area contributed by atoms with E-state index in [1.807, 2.05) is 42.3 Å². The molecule has 4 nitrogen and oxygen atoms in total. The molecular formula is C26H15BCl2F2N4. The van der Waals surface area contributed by atoms with Gasteiger partial charge in [0.25, 0.3) is 0 Å². The molecule has 35 heavy (non-hydrogen) atoms. The Balaban J connectivity index is 2.00. The lowest BCUT2D eigenvalue weighted by atomic mass is 10.0. The Morgan fingerprint density at radius 1 is 1.00 bits per heavy atom. The highest BCUT2D eigenvalue weighted by atomic mass is 35.5. The van der Waals surface area contributed by atoms with Gasteiger partial charge in [-0.2, -0.15) is 5.26 Å². The van der Waals surface area contributed by atoms with Crippen LogP contribution in [0.25, 0.3) is 16.8 Å². The fraction of sp³-hybridized carbons (Fsp3) is 0. The summed E-state index contributed by atoms with van der Waals surface area (Å²) in [4.78, 5) is 4.62. The fourth-order valence-electron chi connectivity index (χ4n) is 3.68. The van der Waals surface area contributed by atoms with Crippen molar-refractivity contribution in [1.29, 1.82) is 10.7 Å². The van der Waals surface area contributed by atoms with Crippen molar-refractivity contribution < 1.29 is 8.63 Å². The SMILES string of the molecule is N#CC(=C=N)/C=C/C(=C1\C=C(Cl)C(c2ccccc2)=N1)c1cc(Cl)c(-c2ccccc2)n1B(F)F. The van der Waals surface area contributed by atoms with Crippen molar-refractivity contribution in [2.45, 2.75) is 0 Å². The van der Waals surface area contributed by atoms with Crippen LogP contribution in [0.1, 0.15) is 11.3 Å². The Morgan fingerprint density at radius 3 is 2.20 bits per heavy atom. The van der Waals surface area contributed by atoms with E-state index in [4.69, 9.17) is 28.6 Å². The van der Waals surface area contributed by atoms with Crippen LogP contribution < -0.4 is 0 Å². The van der Waals surface area contributed by atoms with Crippen molar-refractivity contribution in [1.82, 2.24) is 4.48 Å². The number of nitriles is 1. The van der Waals surface area contributed by atoms with E-state index in [9.17, 15) is 13.9 Å². The van der Waals surface area contributed by atoms with E-state index in [2.05, 4.69) is 4.99 Å². The van der Waals surface area contributed by atoms with Crippen molar-refractivity contribution in [3.8, 4) is 17.3 Å². The van der Waals surface area contributed by atoms with E-state index in [1.54, 1.807) is 36.4 Å². The Morgan fingerprint density at radius 2 is 1.63 bits per heavy atom. The number of hydrogen-bond acceptors (Lipinski definition) is 3. The van der Waals surface area contributed by atoms with Gasteiger partial charge >= 0.3 is 7.40 Å². The Labute approximate surface area is 211 Å². The molecule has 0 saturated carbocycles. The second-order valence-corrected chi connectivity index (χ2v) is 8.16. The molecule has 0 unspecified atom stereocenters. The minimum Gasteiger partial charge on any atom is -0.323 e. The summed E-state index contributed by atoms with van der Waals surface area (Å²) in [5.74, 6) is 2.01. The number of nitrogens with one attached hydrogen (secondary N) is 1. The van der Waals surface area contributed by atoms with Gasteiger partial charge in [-0.15, -0.1) is 0 Å². The number of aliphatic imine (C=N–C) groups is 1. The molecule has 1 N–H and O–H groups in total. The quantitative estimate of drug-likeness (QED) is 0.165. The molecule has 0 bridgehead atoms. The predicted octanol–water partition coefficient (Wildman–Crippen LogP) is 7.17. The first-order valence-electron chi connectivity index (χ1n) is 10.3. The van der Waals surface area contributed by atoms with Crippen LogP contribution in [0.5, 0.6) is 0 Å². The van der Waals surface area contributed by atoms with Gasteiger partial charge in [0.1, 0.15) is 11.6 Å². The highest BCUT2D eigenvalue weighted by molar-refractivity contribution is 6.47. The molecule has 1 aliphatic heterocycles. The van der Waals surface area contributed by atoms with Crippen LogP contribution in [-0.2, 0) is 0 Å². The number of hydrogen-bond donors (Lipinski definition) is 1. The lowest BCUT2D eigenvalue weighted by Crippen LogP contribution is -2.17. The molecule has 170 valence electrons. The zero-order valence-corrected chi connectivity index (χ0v) is 19.5. The number of halogens is 4. The minimum absolute atomic E-state index is 0.0798. The van der Waals surface area contributed by atoms with Gasteiger partial charge in [-0.3, -0.25) is 14.0 Å². The molecule has 0 saturated heterocycles. The molecule has 2 heterocycles. The van der Waals surface area contributed by atoms with Crippen LogP contribution in [-0.4, -0.2) is 23.5 Å². The molecule has 0 fully saturated rings. The number of nitrogens with zero attached hydrogens (tertiary/aromatic N) is 3. The summed E-state index contributed by atoms with van der Waals surface area (Å²) in [6.45, 7) is 0. The maximum atomic E-state index is 14.5. The van der Waals surface area contributed by atoms with Gasteiger partial charge in [0.2, 0.25) is 0 Å². The number of rotatable bonds is 6. The molecular weight excluding hydrogens is 488 g/mol. The maximum Gasteiger partial charge on any atom is 0.678 e. The molecule has 2 aromatic carbocycles. The largest absolute Gasteiger partial charge is 0.678 e. The third-order valence-corrected chi connectivity index (χ3v) is 5.80. The normalized spacial score (nSPS) is 14.3. The first kappa shape index (κ1) is 24.2. The van der Waals surface area contributed by atoms with Crippen LogP contribution in [0.3, 0.4) is 0 Å². The van der Waals surface area contributed by atoms with Gasteiger partial charge in [-0.05, 0) is 35.7 Å². The Kier molecular flexibility index (Phi) is 7.29. The standard InChI is InChI=1S/C26H15BCl2F2N4/c28-21-13-23(34-25(21)18-7-3-1-4-8-18)20(12-11-17(15-32)16-33)24-14-22(29)26(35(24)27(30)31)19-9-5-2-6-10-19/h1-14,32H/b12-11+,23-20-. The lowest BCUT2D eigenvalue weighted by Gasteiger charge is -2.12. The summed E-state index contributed by atoms with van der Waals surface area (Å²) in [6.07, 6.45) is 4.32. The van der Waals surface area contributed by atoms with Crippen LogP contribution in [0.4, 0.5) is 8.63 Å². The van der Waals surface area contributed by atoms with E-state index in [-0.39, 0.29) is 27.6 Å². The molecule has 3 aromatic rings. The third kappa shape index (κ3) is 4.96. The Bertz CT molecular complexity index is 1490. The summed E-state index contributed by atoms with van der Waals surface area (Å²) >= 11 is 13.0. The molecule has 0 atom stereocenters. The number of benzene rings is 2. The summed E-state index contributed by atoms with van der Waals surface area (Å²) in [7, 11) is -2.93. The van der Waals surface area contributed by atoms with Crippen LogP contribution in [0.2, 0.25) is 5.02 Å². The van der Waals surface area contributed by atoms with Crippen LogP contribution >= 0.6 is 23.2 Å². The fourth-order valence-corrected chi connectivity index (χ4v) is 4.24. The monoisotopic (exact) mass is 502 g/mol. The van der Waals surface area contributed by atoms with Gasteiger partial charge in [0.15, 0.2) is 0 Å². The minimum atomic E-state index is -2.93. The smallest absolute Gasteiger partial charge is 0.323 e. The van der Waals surface area contributed by atoms with E-state index < -0.39 is 7.40 Å². The molecule has 4 rings (SSSR count). The van der Waals surface area contributed by atoms with Gasteiger partial charge in [-0.1, -0.05) is 83.9 Å². The van der Waals surface area contributed by atoms with E-state index >= 15 is 0 Å². The van der Waals surface area contributed by atoms with Crippen LogP contribution in [0, 0.1) is 16.7 Å². The molecule has 1 aliphatic rings. The third-order valence-electron chi connectivity index (χ3n) is 5.23. The van der Waals surface area contributed by atoms with Gasteiger partial charge in [0, 0.05) is 16.8 Å².